The first kappa shape index (κ1) is 21.5. The van der Waals surface area contributed by atoms with E-state index in [4.69, 9.17) is 4.74 Å². The molecular weight excluding hydrogens is 399 g/mol. The minimum Gasteiger partial charge on any atom is -0.393 e. The maximum Gasteiger partial charge on any atom is 0.258 e. The molecule has 2 aromatic rings. The zero-order valence-corrected chi connectivity index (χ0v) is 17.5. The molecule has 6 nitrogen and oxygen atoms in total. The second-order valence-corrected chi connectivity index (χ2v) is 8.27. The first-order valence-electron chi connectivity index (χ1n) is 10.7. The number of carbonyl (C=O) groups excluding carboxylic acids is 2. The van der Waals surface area contributed by atoms with E-state index in [1.165, 1.54) is 18.2 Å². The molecule has 2 aliphatic rings. The number of likely N-dealkylation sites (tertiary alicyclic amines) is 1. The number of anilines is 1. The summed E-state index contributed by atoms with van der Waals surface area (Å²) < 4.78 is 19.5. The van der Waals surface area contributed by atoms with Crippen molar-refractivity contribution in [3.63, 3.8) is 0 Å². The van der Waals surface area contributed by atoms with Crippen LogP contribution in [-0.4, -0.2) is 53.7 Å². The number of aliphatic hydroxyl groups is 1. The van der Waals surface area contributed by atoms with Crippen molar-refractivity contribution in [3.8, 4) is 0 Å². The van der Waals surface area contributed by atoms with Gasteiger partial charge in [-0.1, -0.05) is 18.2 Å². The molecule has 2 aromatic carbocycles. The molecular formula is C24H27FN2O4. The number of amides is 2. The van der Waals surface area contributed by atoms with Gasteiger partial charge < -0.3 is 20.1 Å². The van der Waals surface area contributed by atoms with Crippen molar-refractivity contribution in [2.45, 2.75) is 38.3 Å². The van der Waals surface area contributed by atoms with Gasteiger partial charge in [0.2, 0.25) is 0 Å². The predicted molar refractivity (Wildman–Crippen MR) is 115 cm³/mol. The molecule has 3 atom stereocenters. The van der Waals surface area contributed by atoms with Crippen molar-refractivity contribution in [1.29, 1.82) is 0 Å². The lowest BCUT2D eigenvalue weighted by Gasteiger charge is -2.37. The minimum absolute atomic E-state index is 0.0514. The number of carbonyl (C=O) groups is 2. The molecule has 2 saturated heterocycles. The van der Waals surface area contributed by atoms with E-state index in [0.717, 1.165) is 18.4 Å². The van der Waals surface area contributed by atoms with Crippen molar-refractivity contribution >= 4 is 17.5 Å². The Hall–Kier alpha value is -2.77. The molecule has 7 heteroatoms. The van der Waals surface area contributed by atoms with Crippen LogP contribution in [0.2, 0.25) is 0 Å². The zero-order valence-electron chi connectivity index (χ0n) is 17.5. The van der Waals surface area contributed by atoms with Crippen LogP contribution in [0, 0.1) is 18.7 Å². The third-order valence-corrected chi connectivity index (χ3v) is 6.27. The number of aliphatic hydroxyl groups excluding tert-OH is 1. The molecule has 0 saturated carbocycles. The Labute approximate surface area is 181 Å². The molecule has 0 aliphatic carbocycles. The van der Waals surface area contributed by atoms with Crippen LogP contribution in [0.15, 0.2) is 42.5 Å². The van der Waals surface area contributed by atoms with Gasteiger partial charge in [0.15, 0.2) is 0 Å². The number of ether oxygens (including phenoxy) is 1. The smallest absolute Gasteiger partial charge is 0.258 e. The number of benzene rings is 2. The standard InChI is InChI=1S/C24H27FN2O4/c1-15-8-9-16(13-20(15)26-23(29)17-5-2-3-6-19(17)25)24(30)27-11-4-7-21(27)18-14-31-12-10-22(18)28/h2-3,5-6,8-9,13,18,21-22,28H,4,7,10-12,14H2,1H3,(H,26,29)/t18-,21-,22+/m1/s1. The molecule has 31 heavy (non-hydrogen) atoms. The molecule has 2 amide bonds. The van der Waals surface area contributed by atoms with Gasteiger partial charge in [-0.15, -0.1) is 0 Å². The number of nitrogens with zero attached hydrogens (tertiary/aromatic N) is 1. The Morgan fingerprint density at radius 3 is 2.77 bits per heavy atom. The molecule has 4 rings (SSSR count). The number of hydrogen-bond donors (Lipinski definition) is 2. The zero-order chi connectivity index (χ0) is 22.0. The average Bonchev–Trinajstić information content (AvgIpc) is 3.25. The predicted octanol–water partition coefficient (Wildman–Crippen LogP) is 3.39. The number of rotatable bonds is 4. The molecule has 2 heterocycles. The summed E-state index contributed by atoms with van der Waals surface area (Å²) >= 11 is 0. The van der Waals surface area contributed by atoms with Gasteiger partial charge in [0.1, 0.15) is 5.82 Å². The van der Waals surface area contributed by atoms with Gasteiger partial charge in [-0.25, -0.2) is 4.39 Å². The molecule has 2 aliphatic heterocycles. The second-order valence-electron chi connectivity index (χ2n) is 8.27. The minimum atomic E-state index is -0.599. The lowest BCUT2D eigenvalue weighted by molar-refractivity contribution is -0.0589. The van der Waals surface area contributed by atoms with E-state index in [1.54, 1.807) is 24.3 Å². The lowest BCUT2D eigenvalue weighted by atomic mass is 9.89. The van der Waals surface area contributed by atoms with E-state index in [0.29, 0.717) is 37.4 Å². The van der Waals surface area contributed by atoms with Gasteiger partial charge in [-0.2, -0.15) is 0 Å². The second kappa shape index (κ2) is 9.16. The monoisotopic (exact) mass is 426 g/mol. The van der Waals surface area contributed by atoms with Crippen LogP contribution in [0.4, 0.5) is 10.1 Å². The summed E-state index contributed by atoms with van der Waals surface area (Å²) in [4.78, 5) is 27.7. The third-order valence-electron chi connectivity index (χ3n) is 6.27. The van der Waals surface area contributed by atoms with E-state index in [-0.39, 0.29) is 23.4 Å². The Kier molecular flexibility index (Phi) is 6.34. The molecule has 0 aromatic heterocycles. The molecule has 0 unspecified atom stereocenters. The first-order valence-corrected chi connectivity index (χ1v) is 10.7. The van der Waals surface area contributed by atoms with Crippen LogP contribution < -0.4 is 5.32 Å². The Morgan fingerprint density at radius 2 is 2.00 bits per heavy atom. The van der Waals surface area contributed by atoms with Crippen LogP contribution in [0.3, 0.4) is 0 Å². The van der Waals surface area contributed by atoms with Crippen molar-refractivity contribution in [2.24, 2.45) is 5.92 Å². The normalized spacial score (nSPS) is 23.6. The number of aryl methyl sites for hydroxylation is 1. The van der Waals surface area contributed by atoms with Gasteiger partial charge in [0.25, 0.3) is 11.8 Å². The fraction of sp³-hybridized carbons (Fsp3) is 0.417. The van der Waals surface area contributed by atoms with Gasteiger partial charge in [-0.05, 0) is 56.0 Å². The van der Waals surface area contributed by atoms with Gasteiger partial charge >= 0.3 is 0 Å². The fourth-order valence-corrected chi connectivity index (χ4v) is 4.50. The summed E-state index contributed by atoms with van der Waals surface area (Å²) in [6.07, 6.45) is 1.82. The highest BCUT2D eigenvalue weighted by molar-refractivity contribution is 6.05. The Bertz CT molecular complexity index is 980. The van der Waals surface area contributed by atoms with Crippen LogP contribution >= 0.6 is 0 Å². The molecule has 0 spiro atoms. The average molecular weight is 426 g/mol. The Morgan fingerprint density at radius 1 is 1.19 bits per heavy atom. The number of halogens is 1. The van der Waals surface area contributed by atoms with Crippen LogP contribution in [0.1, 0.15) is 45.5 Å². The first-order chi connectivity index (χ1) is 15.0. The number of nitrogens with one attached hydrogen (secondary N) is 1. The molecule has 0 bridgehead atoms. The van der Waals surface area contributed by atoms with E-state index >= 15 is 0 Å². The quantitative estimate of drug-likeness (QED) is 0.786. The summed E-state index contributed by atoms with van der Waals surface area (Å²) in [5, 5.41) is 13.1. The van der Waals surface area contributed by atoms with E-state index in [1.807, 2.05) is 11.8 Å². The summed E-state index contributed by atoms with van der Waals surface area (Å²) in [7, 11) is 0. The van der Waals surface area contributed by atoms with Gasteiger partial charge in [0, 0.05) is 36.4 Å². The largest absolute Gasteiger partial charge is 0.393 e. The van der Waals surface area contributed by atoms with Crippen LogP contribution in [0.5, 0.6) is 0 Å². The van der Waals surface area contributed by atoms with E-state index < -0.39 is 17.8 Å². The maximum atomic E-state index is 14.0. The highest BCUT2D eigenvalue weighted by atomic mass is 19.1. The number of hydrogen-bond acceptors (Lipinski definition) is 4. The third kappa shape index (κ3) is 4.48. The highest BCUT2D eigenvalue weighted by Crippen LogP contribution is 2.31. The van der Waals surface area contributed by atoms with E-state index in [2.05, 4.69) is 5.32 Å². The fourth-order valence-electron chi connectivity index (χ4n) is 4.50. The topological polar surface area (TPSA) is 78.9 Å². The van der Waals surface area contributed by atoms with Crippen molar-refractivity contribution in [1.82, 2.24) is 4.90 Å². The van der Waals surface area contributed by atoms with Crippen molar-refractivity contribution in [3.05, 3.63) is 65.0 Å². The summed E-state index contributed by atoms with van der Waals surface area (Å²) in [6, 6.07) is 10.9. The van der Waals surface area contributed by atoms with E-state index in [9.17, 15) is 19.1 Å². The molecule has 2 fully saturated rings. The van der Waals surface area contributed by atoms with Gasteiger partial charge in [0.05, 0.1) is 18.3 Å². The lowest BCUT2D eigenvalue weighted by Crippen LogP contribution is -2.48. The SMILES string of the molecule is Cc1ccc(C(=O)N2CCC[C@@H]2[C@H]2COCC[C@@H]2O)cc1NC(=O)c1ccccc1F. The maximum absolute atomic E-state index is 14.0. The highest BCUT2D eigenvalue weighted by Gasteiger charge is 2.39. The molecule has 0 radical (unpaired) electrons. The summed E-state index contributed by atoms with van der Waals surface area (Å²) in [6.45, 7) is 3.44. The summed E-state index contributed by atoms with van der Waals surface area (Å²) in [5.41, 5.74) is 1.64. The van der Waals surface area contributed by atoms with Crippen LogP contribution in [-0.2, 0) is 4.74 Å². The molecule has 164 valence electrons. The molecule has 2 N–H and O–H groups in total. The summed E-state index contributed by atoms with van der Waals surface area (Å²) in [5.74, 6) is -1.39. The van der Waals surface area contributed by atoms with Crippen molar-refractivity contribution in [2.75, 3.05) is 25.1 Å². The van der Waals surface area contributed by atoms with Crippen LogP contribution in [0.25, 0.3) is 0 Å². The van der Waals surface area contributed by atoms with Crippen molar-refractivity contribution < 1.29 is 23.8 Å². The Balaban J connectivity index is 1.54. The van der Waals surface area contributed by atoms with Gasteiger partial charge in [-0.3, -0.25) is 9.59 Å².